The second kappa shape index (κ2) is 4.56. The molecule has 2 rings (SSSR count). The van der Waals surface area contributed by atoms with Crippen LogP contribution in [0.15, 0.2) is 18.2 Å². The molecule has 4 nitrogen and oxygen atoms in total. The van der Waals surface area contributed by atoms with E-state index < -0.39 is 9.84 Å². The fourth-order valence-electron chi connectivity index (χ4n) is 1.96. The van der Waals surface area contributed by atoms with Gasteiger partial charge in [-0.25, -0.2) is 8.42 Å². The van der Waals surface area contributed by atoms with Crippen molar-refractivity contribution in [3.05, 3.63) is 23.8 Å². The summed E-state index contributed by atoms with van der Waals surface area (Å²) in [5.41, 5.74) is 3.37. The maximum Gasteiger partial charge on any atom is 0.147 e. The molecule has 0 saturated carbocycles. The average Bonchev–Trinajstić information content (AvgIpc) is 2.25. The molecule has 1 aliphatic rings. The molecule has 1 aliphatic heterocycles. The molecule has 1 atom stereocenters. The quantitative estimate of drug-likeness (QED) is 0.861. The Balaban J connectivity index is 2.01. The summed E-state index contributed by atoms with van der Waals surface area (Å²) in [7, 11) is -2.88. The predicted octanol–water partition coefficient (Wildman–Crippen LogP) is 1.64. The molecule has 5 heteroatoms. The van der Waals surface area contributed by atoms with Crippen LogP contribution in [0.1, 0.15) is 12.0 Å². The fraction of sp³-hybridized carbons (Fsp3) is 0.500. The van der Waals surface area contributed by atoms with Crippen molar-refractivity contribution in [1.29, 1.82) is 0 Å². The monoisotopic (exact) mass is 254 g/mol. The SMILES string of the molecule is Cc1ccc2c(c1)NCC(CCS(C)(=O)=O)N2. The Morgan fingerprint density at radius 1 is 1.35 bits per heavy atom. The predicted molar refractivity (Wildman–Crippen MR) is 71.4 cm³/mol. The second-order valence-corrected chi connectivity index (χ2v) is 6.95. The molecule has 1 aromatic rings. The minimum Gasteiger partial charge on any atom is -0.381 e. The highest BCUT2D eigenvalue weighted by molar-refractivity contribution is 7.90. The molecule has 0 aromatic heterocycles. The molecule has 0 spiro atoms. The van der Waals surface area contributed by atoms with Crippen LogP contribution >= 0.6 is 0 Å². The molecular formula is C12H18N2O2S. The van der Waals surface area contributed by atoms with Gasteiger partial charge in [0, 0.05) is 18.8 Å². The van der Waals surface area contributed by atoms with Gasteiger partial charge in [0.1, 0.15) is 9.84 Å². The van der Waals surface area contributed by atoms with E-state index in [1.165, 1.54) is 11.8 Å². The van der Waals surface area contributed by atoms with E-state index in [2.05, 4.69) is 23.6 Å². The summed E-state index contributed by atoms with van der Waals surface area (Å²) >= 11 is 0. The van der Waals surface area contributed by atoms with Crippen molar-refractivity contribution in [2.75, 3.05) is 29.2 Å². The van der Waals surface area contributed by atoms with Crippen molar-refractivity contribution >= 4 is 21.2 Å². The first-order valence-corrected chi connectivity index (χ1v) is 7.79. The van der Waals surface area contributed by atoms with E-state index >= 15 is 0 Å². The topological polar surface area (TPSA) is 58.2 Å². The van der Waals surface area contributed by atoms with Crippen LogP contribution in [0.5, 0.6) is 0 Å². The number of fused-ring (bicyclic) bond motifs is 1. The Morgan fingerprint density at radius 2 is 2.12 bits per heavy atom. The molecule has 17 heavy (non-hydrogen) atoms. The van der Waals surface area contributed by atoms with Gasteiger partial charge in [0.25, 0.3) is 0 Å². The lowest BCUT2D eigenvalue weighted by Gasteiger charge is -2.28. The van der Waals surface area contributed by atoms with Crippen LogP contribution < -0.4 is 10.6 Å². The number of rotatable bonds is 3. The largest absolute Gasteiger partial charge is 0.381 e. The minimum atomic E-state index is -2.88. The smallest absolute Gasteiger partial charge is 0.147 e. The first-order valence-electron chi connectivity index (χ1n) is 5.73. The minimum absolute atomic E-state index is 0.180. The first kappa shape index (κ1) is 12.2. The van der Waals surface area contributed by atoms with Gasteiger partial charge in [-0.3, -0.25) is 0 Å². The van der Waals surface area contributed by atoms with E-state index in [0.717, 1.165) is 17.9 Å². The van der Waals surface area contributed by atoms with E-state index in [9.17, 15) is 8.42 Å². The summed E-state index contributed by atoms with van der Waals surface area (Å²) in [6.45, 7) is 2.82. The molecule has 1 heterocycles. The number of anilines is 2. The highest BCUT2D eigenvalue weighted by atomic mass is 32.2. The molecule has 94 valence electrons. The first-order chi connectivity index (χ1) is 7.94. The van der Waals surface area contributed by atoms with Gasteiger partial charge < -0.3 is 10.6 Å². The molecular weight excluding hydrogens is 236 g/mol. The molecule has 2 N–H and O–H groups in total. The number of benzene rings is 1. The standard InChI is InChI=1S/C12H18N2O2S/c1-9-3-4-11-12(7-9)13-8-10(14-11)5-6-17(2,15)16/h3-4,7,10,13-14H,5-6,8H2,1-2H3. The van der Waals surface area contributed by atoms with E-state index in [1.54, 1.807) is 0 Å². The van der Waals surface area contributed by atoms with E-state index in [1.807, 2.05) is 12.1 Å². The highest BCUT2D eigenvalue weighted by Crippen LogP contribution is 2.27. The summed E-state index contributed by atoms with van der Waals surface area (Å²) in [5.74, 6) is 0.230. The number of hydrogen-bond acceptors (Lipinski definition) is 4. The third-order valence-corrected chi connectivity index (χ3v) is 3.89. The van der Waals surface area contributed by atoms with Crippen molar-refractivity contribution in [3.63, 3.8) is 0 Å². The summed E-state index contributed by atoms with van der Waals surface area (Å²) in [4.78, 5) is 0. The number of aryl methyl sites for hydroxylation is 1. The van der Waals surface area contributed by atoms with E-state index in [4.69, 9.17) is 0 Å². The van der Waals surface area contributed by atoms with Crippen LogP contribution in [-0.4, -0.2) is 33.0 Å². The van der Waals surface area contributed by atoms with Crippen molar-refractivity contribution in [2.45, 2.75) is 19.4 Å². The molecule has 0 amide bonds. The Kier molecular flexibility index (Phi) is 3.28. The van der Waals surface area contributed by atoms with Crippen molar-refractivity contribution < 1.29 is 8.42 Å². The summed E-state index contributed by atoms with van der Waals surface area (Å²) in [5, 5.41) is 6.70. The lowest BCUT2D eigenvalue weighted by Crippen LogP contribution is -2.34. The summed E-state index contributed by atoms with van der Waals surface area (Å²) in [6.07, 6.45) is 1.92. The van der Waals surface area contributed by atoms with Gasteiger partial charge in [0.05, 0.1) is 17.1 Å². The van der Waals surface area contributed by atoms with Crippen LogP contribution in [-0.2, 0) is 9.84 Å². The fourth-order valence-corrected chi connectivity index (χ4v) is 2.68. The van der Waals surface area contributed by atoms with Crippen molar-refractivity contribution in [3.8, 4) is 0 Å². The lowest BCUT2D eigenvalue weighted by molar-refractivity contribution is 0.594. The van der Waals surface area contributed by atoms with Gasteiger partial charge in [-0.1, -0.05) is 6.07 Å². The van der Waals surface area contributed by atoms with Crippen LogP contribution in [0.4, 0.5) is 11.4 Å². The van der Waals surface area contributed by atoms with Crippen LogP contribution in [0.3, 0.4) is 0 Å². The Bertz CT molecular complexity index is 511. The molecule has 1 unspecified atom stereocenters. The van der Waals surface area contributed by atoms with Crippen molar-refractivity contribution in [1.82, 2.24) is 0 Å². The summed E-state index contributed by atoms with van der Waals surface area (Å²) in [6, 6.07) is 6.35. The third kappa shape index (κ3) is 3.36. The second-order valence-electron chi connectivity index (χ2n) is 4.69. The molecule has 0 bridgehead atoms. The zero-order valence-corrected chi connectivity index (χ0v) is 11.0. The molecule has 0 saturated heterocycles. The maximum absolute atomic E-state index is 11.1. The van der Waals surface area contributed by atoms with Crippen LogP contribution in [0.2, 0.25) is 0 Å². The van der Waals surface area contributed by atoms with Gasteiger partial charge in [-0.15, -0.1) is 0 Å². The number of nitrogens with one attached hydrogen (secondary N) is 2. The van der Waals surface area contributed by atoms with Gasteiger partial charge in [0.15, 0.2) is 0 Å². The maximum atomic E-state index is 11.1. The van der Waals surface area contributed by atoms with Crippen LogP contribution in [0, 0.1) is 6.92 Å². The zero-order chi connectivity index (χ0) is 12.5. The Hall–Kier alpha value is -1.23. The van der Waals surface area contributed by atoms with E-state index in [0.29, 0.717) is 6.42 Å². The highest BCUT2D eigenvalue weighted by Gasteiger charge is 2.18. The third-order valence-electron chi connectivity index (χ3n) is 2.91. The summed E-state index contributed by atoms with van der Waals surface area (Å²) < 4.78 is 22.2. The molecule has 0 aliphatic carbocycles. The van der Waals surface area contributed by atoms with Crippen molar-refractivity contribution in [2.24, 2.45) is 0 Å². The average molecular weight is 254 g/mol. The normalized spacial score (nSPS) is 19.1. The van der Waals surface area contributed by atoms with Gasteiger partial charge >= 0.3 is 0 Å². The Labute approximate surface area is 102 Å². The molecule has 0 radical (unpaired) electrons. The number of hydrogen-bond donors (Lipinski definition) is 2. The van der Waals surface area contributed by atoms with Gasteiger partial charge in [-0.05, 0) is 31.0 Å². The van der Waals surface area contributed by atoms with Gasteiger partial charge in [-0.2, -0.15) is 0 Å². The van der Waals surface area contributed by atoms with Gasteiger partial charge in [0.2, 0.25) is 0 Å². The zero-order valence-electron chi connectivity index (χ0n) is 10.2. The Morgan fingerprint density at radius 3 is 2.82 bits per heavy atom. The molecule has 1 aromatic carbocycles. The van der Waals surface area contributed by atoms with E-state index in [-0.39, 0.29) is 11.8 Å². The van der Waals surface area contributed by atoms with Crippen LogP contribution in [0.25, 0.3) is 0 Å². The lowest BCUT2D eigenvalue weighted by atomic mass is 10.1. The number of sulfone groups is 1. The molecule has 0 fully saturated rings.